The second-order valence-corrected chi connectivity index (χ2v) is 6.42. The van der Waals surface area contributed by atoms with Crippen LogP contribution in [-0.2, 0) is 16.0 Å². The van der Waals surface area contributed by atoms with Gasteiger partial charge in [0.15, 0.2) is 0 Å². The fourth-order valence-corrected chi connectivity index (χ4v) is 3.80. The van der Waals surface area contributed by atoms with Crippen molar-refractivity contribution in [2.45, 2.75) is 50.5 Å². The summed E-state index contributed by atoms with van der Waals surface area (Å²) in [6.45, 7) is 0.745. The maximum atomic E-state index is 12.6. The van der Waals surface area contributed by atoms with Crippen LogP contribution >= 0.6 is 0 Å². The van der Waals surface area contributed by atoms with Gasteiger partial charge in [0.25, 0.3) is 0 Å². The van der Waals surface area contributed by atoms with E-state index >= 15 is 0 Å². The van der Waals surface area contributed by atoms with Gasteiger partial charge in [-0.15, -0.1) is 0 Å². The molecule has 114 valence electrons. The van der Waals surface area contributed by atoms with Gasteiger partial charge in [-0.2, -0.15) is 0 Å². The topological polar surface area (TPSA) is 35.5 Å². The molecular weight excluding hydrogens is 264 g/mol. The SMILES string of the molecule is COc1cccc(CC(=O)C2CCOC3(CCCC3)C2)c1. The van der Waals surface area contributed by atoms with Crippen LogP contribution in [0.4, 0.5) is 0 Å². The van der Waals surface area contributed by atoms with Crippen LogP contribution in [0.15, 0.2) is 24.3 Å². The summed E-state index contributed by atoms with van der Waals surface area (Å²) >= 11 is 0. The number of rotatable bonds is 4. The normalized spacial score (nSPS) is 24.1. The highest BCUT2D eigenvalue weighted by Crippen LogP contribution is 2.42. The number of carbonyl (C=O) groups is 1. The molecular formula is C18H24O3. The molecule has 1 spiro atoms. The molecule has 0 amide bonds. The van der Waals surface area contributed by atoms with E-state index in [1.807, 2.05) is 24.3 Å². The summed E-state index contributed by atoms with van der Waals surface area (Å²) in [7, 11) is 1.66. The van der Waals surface area contributed by atoms with Crippen molar-refractivity contribution in [3.63, 3.8) is 0 Å². The summed E-state index contributed by atoms with van der Waals surface area (Å²) < 4.78 is 11.2. The summed E-state index contributed by atoms with van der Waals surface area (Å²) in [5.74, 6) is 1.35. The van der Waals surface area contributed by atoms with Crippen LogP contribution in [0.2, 0.25) is 0 Å². The summed E-state index contributed by atoms with van der Waals surface area (Å²) in [5, 5.41) is 0. The third-order valence-corrected chi connectivity index (χ3v) is 4.98. The van der Waals surface area contributed by atoms with Crippen molar-refractivity contribution in [2.75, 3.05) is 13.7 Å². The molecule has 3 heteroatoms. The first kappa shape index (κ1) is 14.6. The highest BCUT2D eigenvalue weighted by molar-refractivity contribution is 5.83. The lowest BCUT2D eigenvalue weighted by atomic mass is 9.81. The smallest absolute Gasteiger partial charge is 0.140 e. The van der Waals surface area contributed by atoms with E-state index in [1.54, 1.807) is 7.11 Å². The van der Waals surface area contributed by atoms with Crippen molar-refractivity contribution in [2.24, 2.45) is 5.92 Å². The van der Waals surface area contributed by atoms with Gasteiger partial charge in [-0.25, -0.2) is 0 Å². The zero-order valence-electron chi connectivity index (χ0n) is 12.8. The molecule has 3 rings (SSSR count). The Morgan fingerprint density at radius 2 is 2.19 bits per heavy atom. The molecule has 1 aromatic carbocycles. The molecule has 1 saturated carbocycles. The first-order chi connectivity index (χ1) is 10.2. The van der Waals surface area contributed by atoms with E-state index in [1.165, 1.54) is 12.8 Å². The molecule has 1 heterocycles. The first-order valence-electron chi connectivity index (χ1n) is 8.00. The van der Waals surface area contributed by atoms with Crippen LogP contribution in [0.1, 0.15) is 44.1 Å². The lowest BCUT2D eigenvalue weighted by Gasteiger charge is -2.37. The van der Waals surface area contributed by atoms with E-state index in [0.717, 1.165) is 43.6 Å². The van der Waals surface area contributed by atoms with Crippen molar-refractivity contribution in [1.82, 2.24) is 0 Å². The molecule has 3 nitrogen and oxygen atoms in total. The molecule has 2 aliphatic rings. The van der Waals surface area contributed by atoms with E-state index in [-0.39, 0.29) is 11.5 Å². The second kappa shape index (κ2) is 6.18. The minimum atomic E-state index is 0.0208. The van der Waals surface area contributed by atoms with Gasteiger partial charge in [0.05, 0.1) is 12.7 Å². The van der Waals surface area contributed by atoms with Gasteiger partial charge < -0.3 is 9.47 Å². The maximum absolute atomic E-state index is 12.6. The number of carbonyl (C=O) groups excluding carboxylic acids is 1. The number of hydrogen-bond donors (Lipinski definition) is 0. The summed E-state index contributed by atoms with van der Waals surface area (Å²) in [6, 6.07) is 7.83. The Morgan fingerprint density at radius 3 is 2.95 bits per heavy atom. The lowest BCUT2D eigenvalue weighted by Crippen LogP contribution is -2.40. The number of ketones is 1. The molecule has 1 unspecified atom stereocenters. The van der Waals surface area contributed by atoms with Crippen LogP contribution in [-0.4, -0.2) is 25.1 Å². The average molecular weight is 288 g/mol. The lowest BCUT2D eigenvalue weighted by molar-refractivity contribution is -0.135. The number of benzene rings is 1. The van der Waals surface area contributed by atoms with Crippen LogP contribution in [0.3, 0.4) is 0 Å². The van der Waals surface area contributed by atoms with Crippen molar-refractivity contribution in [3.8, 4) is 5.75 Å². The van der Waals surface area contributed by atoms with Crippen LogP contribution < -0.4 is 4.74 Å². The minimum absolute atomic E-state index is 0.0208. The Morgan fingerprint density at radius 1 is 1.38 bits per heavy atom. The van der Waals surface area contributed by atoms with Crippen LogP contribution in [0.5, 0.6) is 5.75 Å². The van der Waals surface area contributed by atoms with Gasteiger partial charge in [0.2, 0.25) is 0 Å². The molecule has 0 radical (unpaired) electrons. The van der Waals surface area contributed by atoms with Gasteiger partial charge >= 0.3 is 0 Å². The van der Waals surface area contributed by atoms with E-state index in [2.05, 4.69) is 0 Å². The van der Waals surface area contributed by atoms with Gasteiger partial charge in [0.1, 0.15) is 11.5 Å². The van der Waals surface area contributed by atoms with Gasteiger partial charge in [0, 0.05) is 18.9 Å². The first-order valence-corrected chi connectivity index (χ1v) is 8.00. The van der Waals surface area contributed by atoms with Gasteiger partial charge in [-0.05, 0) is 43.4 Å². The van der Waals surface area contributed by atoms with Crippen molar-refractivity contribution in [1.29, 1.82) is 0 Å². The van der Waals surface area contributed by atoms with E-state index in [9.17, 15) is 4.79 Å². The number of methoxy groups -OCH3 is 1. The van der Waals surface area contributed by atoms with Crippen LogP contribution in [0.25, 0.3) is 0 Å². The Labute approximate surface area is 126 Å². The molecule has 0 bridgehead atoms. The molecule has 0 N–H and O–H groups in total. The standard InChI is InChI=1S/C18H24O3/c1-20-16-6-4-5-14(11-16)12-17(19)15-7-10-21-18(13-15)8-2-3-9-18/h4-6,11,15H,2-3,7-10,12-13H2,1H3. The van der Waals surface area contributed by atoms with E-state index in [4.69, 9.17) is 9.47 Å². The Balaban J connectivity index is 1.64. The van der Waals surface area contributed by atoms with Gasteiger partial charge in [-0.1, -0.05) is 25.0 Å². The number of Topliss-reactive ketones (excluding diaryl/α,β-unsaturated/α-hetero) is 1. The summed E-state index contributed by atoms with van der Waals surface area (Å²) in [5.41, 5.74) is 1.07. The molecule has 1 aliphatic heterocycles. The Hall–Kier alpha value is -1.35. The summed E-state index contributed by atoms with van der Waals surface area (Å²) in [4.78, 5) is 12.6. The third-order valence-electron chi connectivity index (χ3n) is 4.98. The highest BCUT2D eigenvalue weighted by atomic mass is 16.5. The third kappa shape index (κ3) is 3.29. The number of hydrogen-bond acceptors (Lipinski definition) is 3. The molecule has 1 saturated heterocycles. The molecule has 1 atom stereocenters. The quantitative estimate of drug-likeness (QED) is 0.850. The largest absolute Gasteiger partial charge is 0.497 e. The fraction of sp³-hybridized carbons (Fsp3) is 0.611. The zero-order valence-corrected chi connectivity index (χ0v) is 12.8. The fourth-order valence-electron chi connectivity index (χ4n) is 3.80. The van der Waals surface area contributed by atoms with Crippen LogP contribution in [0, 0.1) is 5.92 Å². The Kier molecular flexibility index (Phi) is 4.29. The minimum Gasteiger partial charge on any atom is -0.497 e. The molecule has 1 aromatic rings. The Bertz CT molecular complexity index is 503. The average Bonchev–Trinajstić information content (AvgIpc) is 2.95. The molecule has 2 fully saturated rings. The zero-order chi connectivity index (χ0) is 14.7. The highest BCUT2D eigenvalue weighted by Gasteiger charge is 2.41. The predicted octanol–water partition coefficient (Wildman–Crippen LogP) is 3.55. The maximum Gasteiger partial charge on any atom is 0.140 e. The van der Waals surface area contributed by atoms with E-state index < -0.39 is 0 Å². The van der Waals surface area contributed by atoms with Crippen molar-refractivity contribution in [3.05, 3.63) is 29.8 Å². The molecule has 0 aromatic heterocycles. The second-order valence-electron chi connectivity index (χ2n) is 6.42. The van der Waals surface area contributed by atoms with Crippen molar-refractivity contribution >= 4 is 5.78 Å². The molecule has 1 aliphatic carbocycles. The number of ether oxygens (including phenoxy) is 2. The molecule has 21 heavy (non-hydrogen) atoms. The predicted molar refractivity (Wildman–Crippen MR) is 81.6 cm³/mol. The monoisotopic (exact) mass is 288 g/mol. The van der Waals surface area contributed by atoms with Crippen molar-refractivity contribution < 1.29 is 14.3 Å². The summed E-state index contributed by atoms with van der Waals surface area (Å²) in [6.07, 6.45) is 7.08. The van der Waals surface area contributed by atoms with Gasteiger partial charge in [-0.3, -0.25) is 4.79 Å². The van der Waals surface area contributed by atoms with E-state index in [0.29, 0.717) is 12.2 Å².